The van der Waals surface area contributed by atoms with Gasteiger partial charge in [-0.1, -0.05) is 12.8 Å². The zero-order chi connectivity index (χ0) is 10.8. The van der Waals surface area contributed by atoms with Crippen LogP contribution in [0.2, 0.25) is 0 Å². The van der Waals surface area contributed by atoms with Crippen molar-refractivity contribution in [3.05, 3.63) is 11.6 Å². The molecule has 0 amide bonds. The minimum atomic E-state index is 0.243. The summed E-state index contributed by atoms with van der Waals surface area (Å²) in [4.78, 5) is 4.29. The molecule has 1 aliphatic rings. The van der Waals surface area contributed by atoms with Crippen LogP contribution < -0.4 is 5.73 Å². The monoisotopic (exact) mass is 208 g/mol. The molecule has 1 aromatic rings. The van der Waals surface area contributed by atoms with E-state index in [9.17, 15) is 0 Å². The van der Waals surface area contributed by atoms with Crippen molar-refractivity contribution >= 4 is 0 Å². The van der Waals surface area contributed by atoms with Gasteiger partial charge < -0.3 is 5.73 Å². The Balaban J connectivity index is 1.98. The summed E-state index contributed by atoms with van der Waals surface area (Å²) in [6.07, 6.45) is 5.25. The molecule has 0 aliphatic heterocycles. The van der Waals surface area contributed by atoms with E-state index in [0.717, 1.165) is 18.2 Å². The molecule has 84 valence electrons. The zero-order valence-electron chi connectivity index (χ0n) is 9.61. The van der Waals surface area contributed by atoms with Crippen molar-refractivity contribution < 1.29 is 0 Å². The lowest BCUT2D eigenvalue weighted by molar-refractivity contribution is 0.369. The molecule has 0 spiro atoms. The first-order chi connectivity index (χ1) is 7.16. The molecule has 1 atom stereocenters. The molecular weight excluding hydrogens is 188 g/mol. The molecule has 0 bridgehead atoms. The summed E-state index contributed by atoms with van der Waals surface area (Å²) in [5, 5.41) is 4.35. The van der Waals surface area contributed by atoms with Crippen molar-refractivity contribution in [2.75, 3.05) is 0 Å². The minimum absolute atomic E-state index is 0.243. The van der Waals surface area contributed by atoms with Crippen molar-refractivity contribution in [2.45, 2.75) is 52.1 Å². The van der Waals surface area contributed by atoms with E-state index in [1.54, 1.807) is 0 Å². The molecule has 2 rings (SSSR count). The highest BCUT2D eigenvalue weighted by Crippen LogP contribution is 2.27. The van der Waals surface area contributed by atoms with Gasteiger partial charge in [0, 0.05) is 6.04 Å². The van der Waals surface area contributed by atoms with E-state index in [1.165, 1.54) is 25.7 Å². The lowest BCUT2D eigenvalue weighted by Gasteiger charge is -2.18. The van der Waals surface area contributed by atoms with Gasteiger partial charge in [0.05, 0.1) is 6.54 Å². The van der Waals surface area contributed by atoms with Crippen molar-refractivity contribution in [3.63, 3.8) is 0 Å². The lowest BCUT2D eigenvalue weighted by atomic mass is 9.99. The van der Waals surface area contributed by atoms with Crippen LogP contribution in [0.3, 0.4) is 0 Å². The van der Waals surface area contributed by atoms with Gasteiger partial charge >= 0.3 is 0 Å². The van der Waals surface area contributed by atoms with Crippen LogP contribution in [0.15, 0.2) is 0 Å². The summed E-state index contributed by atoms with van der Waals surface area (Å²) < 4.78 is 1.94. The SMILES string of the molecule is Cc1nc(C)n(CC(N)C2CCCC2)n1. The average molecular weight is 208 g/mol. The molecule has 0 radical (unpaired) electrons. The smallest absolute Gasteiger partial charge is 0.147 e. The van der Waals surface area contributed by atoms with Crippen LogP contribution in [0.25, 0.3) is 0 Å². The summed E-state index contributed by atoms with van der Waals surface area (Å²) in [6.45, 7) is 4.73. The molecule has 0 aromatic carbocycles. The van der Waals surface area contributed by atoms with E-state index in [4.69, 9.17) is 5.73 Å². The molecule has 1 saturated carbocycles. The van der Waals surface area contributed by atoms with Gasteiger partial charge in [0.1, 0.15) is 11.6 Å². The van der Waals surface area contributed by atoms with Crippen molar-refractivity contribution in [1.29, 1.82) is 0 Å². The largest absolute Gasteiger partial charge is 0.326 e. The molecule has 2 N–H and O–H groups in total. The quantitative estimate of drug-likeness (QED) is 0.817. The van der Waals surface area contributed by atoms with E-state index >= 15 is 0 Å². The fourth-order valence-corrected chi connectivity index (χ4v) is 2.47. The molecule has 15 heavy (non-hydrogen) atoms. The van der Waals surface area contributed by atoms with Crippen LogP contribution in [0.4, 0.5) is 0 Å². The number of aromatic nitrogens is 3. The Hall–Kier alpha value is -0.900. The third-order valence-corrected chi connectivity index (χ3v) is 3.35. The fraction of sp³-hybridized carbons (Fsp3) is 0.818. The van der Waals surface area contributed by atoms with Crippen molar-refractivity contribution in [3.8, 4) is 0 Å². The maximum absolute atomic E-state index is 6.20. The highest BCUT2D eigenvalue weighted by molar-refractivity contribution is 4.89. The Kier molecular flexibility index (Phi) is 3.05. The summed E-state index contributed by atoms with van der Waals surface area (Å²) in [6, 6.07) is 0.243. The van der Waals surface area contributed by atoms with Gasteiger partial charge in [0.2, 0.25) is 0 Å². The third kappa shape index (κ3) is 2.37. The van der Waals surface area contributed by atoms with Crippen LogP contribution >= 0.6 is 0 Å². The molecule has 1 fully saturated rings. The number of nitrogens with zero attached hydrogens (tertiary/aromatic N) is 3. The summed E-state index contributed by atoms with van der Waals surface area (Å²) in [5.41, 5.74) is 6.20. The van der Waals surface area contributed by atoms with Crippen LogP contribution in [-0.4, -0.2) is 20.8 Å². The molecule has 1 aromatic heterocycles. The predicted octanol–water partition coefficient (Wildman–Crippen LogP) is 1.41. The Labute approximate surface area is 90.9 Å². The van der Waals surface area contributed by atoms with Gasteiger partial charge in [-0.25, -0.2) is 9.67 Å². The maximum atomic E-state index is 6.20. The molecule has 1 unspecified atom stereocenters. The van der Waals surface area contributed by atoms with Gasteiger partial charge in [0.25, 0.3) is 0 Å². The summed E-state index contributed by atoms with van der Waals surface area (Å²) in [7, 11) is 0. The standard InChI is InChI=1S/C11H20N4/c1-8-13-9(2)15(14-8)7-11(12)10-5-3-4-6-10/h10-11H,3-7,12H2,1-2H3. The normalized spacial score (nSPS) is 19.7. The zero-order valence-corrected chi connectivity index (χ0v) is 9.61. The van der Waals surface area contributed by atoms with Gasteiger partial charge in [-0.3, -0.25) is 0 Å². The average Bonchev–Trinajstić information content (AvgIpc) is 2.76. The van der Waals surface area contributed by atoms with Crippen molar-refractivity contribution in [2.24, 2.45) is 11.7 Å². The van der Waals surface area contributed by atoms with E-state index in [-0.39, 0.29) is 6.04 Å². The number of hydrogen-bond donors (Lipinski definition) is 1. The molecule has 4 nitrogen and oxygen atoms in total. The predicted molar refractivity (Wildman–Crippen MR) is 59.4 cm³/mol. The Bertz CT molecular complexity index is 325. The summed E-state index contributed by atoms with van der Waals surface area (Å²) in [5.74, 6) is 2.50. The minimum Gasteiger partial charge on any atom is -0.326 e. The number of aryl methyl sites for hydroxylation is 2. The second-order valence-corrected chi connectivity index (χ2v) is 4.60. The maximum Gasteiger partial charge on any atom is 0.147 e. The van der Waals surface area contributed by atoms with E-state index in [0.29, 0.717) is 5.92 Å². The highest BCUT2D eigenvalue weighted by Gasteiger charge is 2.22. The Morgan fingerprint density at radius 2 is 2.07 bits per heavy atom. The first-order valence-electron chi connectivity index (χ1n) is 5.80. The van der Waals surface area contributed by atoms with E-state index in [2.05, 4.69) is 10.1 Å². The van der Waals surface area contributed by atoms with Crippen LogP contribution in [-0.2, 0) is 6.54 Å². The summed E-state index contributed by atoms with van der Waals surface area (Å²) >= 11 is 0. The Morgan fingerprint density at radius 3 is 2.60 bits per heavy atom. The molecule has 1 aliphatic carbocycles. The molecular formula is C11H20N4. The third-order valence-electron chi connectivity index (χ3n) is 3.35. The molecule has 4 heteroatoms. The highest BCUT2D eigenvalue weighted by atomic mass is 15.3. The fourth-order valence-electron chi connectivity index (χ4n) is 2.47. The van der Waals surface area contributed by atoms with Gasteiger partial charge in [-0.05, 0) is 32.6 Å². The molecule has 1 heterocycles. The number of nitrogens with two attached hydrogens (primary N) is 1. The first-order valence-corrected chi connectivity index (χ1v) is 5.80. The van der Waals surface area contributed by atoms with Crippen LogP contribution in [0, 0.1) is 19.8 Å². The van der Waals surface area contributed by atoms with E-state index < -0.39 is 0 Å². The van der Waals surface area contributed by atoms with Crippen LogP contribution in [0.5, 0.6) is 0 Å². The Morgan fingerprint density at radius 1 is 1.40 bits per heavy atom. The van der Waals surface area contributed by atoms with Gasteiger partial charge in [-0.15, -0.1) is 0 Å². The lowest BCUT2D eigenvalue weighted by Crippen LogP contribution is -2.33. The topological polar surface area (TPSA) is 56.7 Å². The molecule has 0 saturated heterocycles. The number of hydrogen-bond acceptors (Lipinski definition) is 3. The van der Waals surface area contributed by atoms with Crippen LogP contribution in [0.1, 0.15) is 37.3 Å². The van der Waals surface area contributed by atoms with Gasteiger partial charge in [-0.2, -0.15) is 5.10 Å². The first kappa shape index (κ1) is 10.6. The van der Waals surface area contributed by atoms with Crippen molar-refractivity contribution in [1.82, 2.24) is 14.8 Å². The second kappa shape index (κ2) is 4.31. The number of rotatable bonds is 3. The second-order valence-electron chi connectivity index (χ2n) is 4.60. The van der Waals surface area contributed by atoms with E-state index in [1.807, 2.05) is 18.5 Å². The van der Waals surface area contributed by atoms with Gasteiger partial charge in [0.15, 0.2) is 0 Å².